The summed E-state index contributed by atoms with van der Waals surface area (Å²) in [5.74, 6) is -3.78. The number of hydrogen-bond acceptors (Lipinski definition) is 5. The molecule has 2 aliphatic heterocycles. The SMILES string of the molecule is N#CC1(NC(=O)[C@H](CCC(F)(F)c2cccnc2)NC(=O)N2CC3(CCN(C4CC4)CC3)C2)CC1. The van der Waals surface area contributed by atoms with Crippen molar-refractivity contribution in [2.24, 2.45) is 5.41 Å². The zero-order valence-corrected chi connectivity index (χ0v) is 19.8. The first-order valence-electron chi connectivity index (χ1n) is 12.5. The van der Waals surface area contributed by atoms with Gasteiger partial charge in [0.1, 0.15) is 11.6 Å². The minimum atomic E-state index is -3.19. The summed E-state index contributed by atoms with van der Waals surface area (Å²) in [5, 5.41) is 14.7. The number of rotatable bonds is 8. The minimum Gasteiger partial charge on any atom is -0.336 e. The van der Waals surface area contributed by atoms with Crippen molar-refractivity contribution in [1.82, 2.24) is 25.4 Å². The molecule has 4 aliphatic rings. The van der Waals surface area contributed by atoms with Crippen LogP contribution in [0.4, 0.5) is 13.6 Å². The van der Waals surface area contributed by atoms with Crippen molar-refractivity contribution in [2.45, 2.75) is 74.9 Å². The molecule has 1 aromatic heterocycles. The molecule has 2 saturated heterocycles. The van der Waals surface area contributed by atoms with E-state index in [0.717, 1.165) is 38.2 Å². The fourth-order valence-electron chi connectivity index (χ4n) is 5.30. The molecule has 2 N–H and O–H groups in total. The fourth-order valence-corrected chi connectivity index (χ4v) is 5.30. The van der Waals surface area contributed by atoms with E-state index in [1.54, 1.807) is 4.90 Å². The number of nitriles is 1. The number of halogens is 2. The van der Waals surface area contributed by atoms with Crippen molar-refractivity contribution in [3.8, 4) is 6.07 Å². The van der Waals surface area contributed by atoms with Crippen molar-refractivity contribution in [3.05, 3.63) is 30.1 Å². The number of carbonyl (C=O) groups excluding carboxylic acids is 2. The molecule has 0 unspecified atom stereocenters. The molecule has 0 bridgehead atoms. The molecule has 10 heteroatoms. The molecule has 5 rings (SSSR count). The molecule has 3 amide bonds. The smallest absolute Gasteiger partial charge is 0.318 e. The van der Waals surface area contributed by atoms with Gasteiger partial charge in [0, 0.05) is 48.9 Å². The first-order chi connectivity index (χ1) is 16.7. The van der Waals surface area contributed by atoms with Gasteiger partial charge in [-0.25, -0.2) is 13.6 Å². The summed E-state index contributed by atoms with van der Waals surface area (Å²) >= 11 is 0. The van der Waals surface area contributed by atoms with Gasteiger partial charge in [0.25, 0.3) is 5.92 Å². The molecule has 2 aliphatic carbocycles. The summed E-state index contributed by atoms with van der Waals surface area (Å²) in [6, 6.07) is 4.00. The summed E-state index contributed by atoms with van der Waals surface area (Å²) in [7, 11) is 0. The highest BCUT2D eigenvalue weighted by molar-refractivity contribution is 5.88. The van der Waals surface area contributed by atoms with Crippen LogP contribution in [0, 0.1) is 16.7 Å². The Morgan fingerprint density at radius 3 is 2.51 bits per heavy atom. The number of carbonyl (C=O) groups is 2. The van der Waals surface area contributed by atoms with Crippen LogP contribution >= 0.6 is 0 Å². The molecule has 188 valence electrons. The van der Waals surface area contributed by atoms with Crippen molar-refractivity contribution >= 4 is 11.9 Å². The Bertz CT molecular complexity index is 989. The summed E-state index contributed by atoms with van der Waals surface area (Å²) < 4.78 is 29.5. The highest BCUT2D eigenvalue weighted by atomic mass is 19.3. The Morgan fingerprint density at radius 2 is 1.94 bits per heavy atom. The third-order valence-corrected chi connectivity index (χ3v) is 8.03. The molecule has 0 aromatic carbocycles. The average molecular weight is 487 g/mol. The summed E-state index contributed by atoms with van der Waals surface area (Å²) in [6.45, 7) is 3.37. The van der Waals surface area contributed by atoms with Gasteiger partial charge in [-0.2, -0.15) is 5.26 Å². The first kappa shape index (κ1) is 23.9. The Morgan fingerprint density at radius 1 is 1.23 bits per heavy atom. The lowest BCUT2D eigenvalue weighted by atomic mass is 9.72. The van der Waals surface area contributed by atoms with Gasteiger partial charge in [0.05, 0.1) is 6.07 Å². The number of likely N-dealkylation sites (tertiary alicyclic amines) is 2. The van der Waals surface area contributed by atoms with E-state index in [9.17, 15) is 23.6 Å². The minimum absolute atomic E-state index is 0.132. The largest absolute Gasteiger partial charge is 0.336 e. The van der Waals surface area contributed by atoms with E-state index < -0.39 is 35.9 Å². The van der Waals surface area contributed by atoms with Crippen LogP contribution in [-0.4, -0.2) is 70.5 Å². The van der Waals surface area contributed by atoms with E-state index in [4.69, 9.17) is 0 Å². The number of aromatic nitrogens is 1. The lowest BCUT2D eigenvalue weighted by Crippen LogP contribution is -2.65. The Hall–Kier alpha value is -2.80. The highest BCUT2D eigenvalue weighted by Gasteiger charge is 2.49. The van der Waals surface area contributed by atoms with Gasteiger partial charge in [-0.1, -0.05) is 0 Å². The Labute approximate surface area is 204 Å². The number of amides is 3. The molecule has 1 spiro atoms. The van der Waals surface area contributed by atoms with E-state index >= 15 is 0 Å². The Kier molecular flexibility index (Phi) is 6.16. The number of nitrogens with one attached hydrogen (secondary N) is 2. The van der Waals surface area contributed by atoms with Gasteiger partial charge in [0.15, 0.2) is 0 Å². The number of pyridine rings is 1. The molecule has 2 saturated carbocycles. The fraction of sp³-hybridized carbons (Fsp3) is 0.680. The molecule has 4 fully saturated rings. The van der Waals surface area contributed by atoms with E-state index in [0.29, 0.717) is 25.9 Å². The number of hydrogen-bond donors (Lipinski definition) is 2. The second-order valence-corrected chi connectivity index (χ2v) is 10.8. The van der Waals surface area contributed by atoms with Gasteiger partial charge in [-0.05, 0) is 70.2 Å². The molecule has 0 radical (unpaired) electrons. The second-order valence-electron chi connectivity index (χ2n) is 10.8. The van der Waals surface area contributed by atoms with E-state index in [-0.39, 0.29) is 17.4 Å². The monoisotopic (exact) mass is 486 g/mol. The summed E-state index contributed by atoms with van der Waals surface area (Å²) in [6.07, 6.45) is 7.38. The maximum Gasteiger partial charge on any atom is 0.318 e. The topological polar surface area (TPSA) is 101 Å². The molecule has 3 heterocycles. The standard InChI is InChI=1S/C25H32F2N6O2/c26-25(27,18-2-1-11-29-14-18)6-5-20(21(34)31-24(15-28)7-8-24)30-22(35)33-16-23(17-33)9-12-32(13-10-23)19-3-4-19/h1-2,11,14,19-20H,3-10,12-13,16-17H2,(H,30,35)(H,31,34)/t20-/m0/s1. The first-order valence-corrected chi connectivity index (χ1v) is 12.5. The molecule has 1 atom stereocenters. The third-order valence-electron chi connectivity index (χ3n) is 8.03. The molecule has 35 heavy (non-hydrogen) atoms. The number of urea groups is 1. The van der Waals surface area contributed by atoms with Gasteiger partial charge in [-0.3, -0.25) is 9.78 Å². The highest BCUT2D eigenvalue weighted by Crippen LogP contribution is 2.43. The molecular formula is C25H32F2N6O2. The molecular weight excluding hydrogens is 454 g/mol. The van der Waals surface area contributed by atoms with Gasteiger partial charge in [-0.15, -0.1) is 0 Å². The van der Waals surface area contributed by atoms with Crippen LogP contribution in [0.1, 0.15) is 56.9 Å². The zero-order valence-electron chi connectivity index (χ0n) is 19.8. The van der Waals surface area contributed by atoms with E-state index in [2.05, 4.69) is 26.6 Å². The Balaban J connectivity index is 1.18. The summed E-state index contributed by atoms with van der Waals surface area (Å²) in [4.78, 5) is 33.8. The summed E-state index contributed by atoms with van der Waals surface area (Å²) in [5.41, 5.74) is -1.04. The predicted molar refractivity (Wildman–Crippen MR) is 123 cm³/mol. The van der Waals surface area contributed by atoms with Crippen molar-refractivity contribution < 1.29 is 18.4 Å². The molecule has 1 aromatic rings. The van der Waals surface area contributed by atoms with Crippen LogP contribution in [0.5, 0.6) is 0 Å². The average Bonchev–Trinajstić information content (AvgIpc) is 3.76. The van der Waals surface area contributed by atoms with Crippen LogP contribution in [0.2, 0.25) is 0 Å². The quantitative estimate of drug-likeness (QED) is 0.589. The molecule has 8 nitrogen and oxygen atoms in total. The van der Waals surface area contributed by atoms with E-state index in [1.807, 2.05) is 0 Å². The third kappa shape index (κ3) is 5.25. The second kappa shape index (κ2) is 9.01. The maximum absolute atomic E-state index is 14.7. The van der Waals surface area contributed by atoms with Gasteiger partial charge < -0.3 is 20.4 Å². The van der Waals surface area contributed by atoms with Crippen LogP contribution in [0.25, 0.3) is 0 Å². The van der Waals surface area contributed by atoms with E-state index in [1.165, 1.54) is 31.2 Å². The normalized spacial score (nSPS) is 23.6. The van der Waals surface area contributed by atoms with Crippen molar-refractivity contribution in [1.29, 1.82) is 5.26 Å². The van der Waals surface area contributed by atoms with Gasteiger partial charge >= 0.3 is 6.03 Å². The number of piperidine rings is 1. The van der Waals surface area contributed by atoms with Crippen LogP contribution < -0.4 is 10.6 Å². The van der Waals surface area contributed by atoms with Crippen LogP contribution in [0.15, 0.2) is 24.5 Å². The van der Waals surface area contributed by atoms with Crippen molar-refractivity contribution in [3.63, 3.8) is 0 Å². The number of alkyl halides is 2. The zero-order chi connectivity index (χ0) is 24.7. The maximum atomic E-state index is 14.7. The van der Waals surface area contributed by atoms with Crippen LogP contribution in [0.3, 0.4) is 0 Å². The lowest BCUT2D eigenvalue weighted by Gasteiger charge is -2.54. The van der Waals surface area contributed by atoms with Crippen LogP contribution in [-0.2, 0) is 10.7 Å². The lowest BCUT2D eigenvalue weighted by molar-refractivity contribution is -0.124. The van der Waals surface area contributed by atoms with Crippen molar-refractivity contribution in [2.75, 3.05) is 26.2 Å². The predicted octanol–water partition coefficient (Wildman–Crippen LogP) is 2.76. The van der Waals surface area contributed by atoms with Gasteiger partial charge in [0.2, 0.25) is 5.91 Å². The number of nitrogens with zero attached hydrogens (tertiary/aromatic N) is 4.